The van der Waals surface area contributed by atoms with Crippen molar-refractivity contribution in [3.63, 3.8) is 0 Å². The first-order chi connectivity index (χ1) is 9.02. The summed E-state index contributed by atoms with van der Waals surface area (Å²) in [7, 11) is 0. The van der Waals surface area contributed by atoms with Gasteiger partial charge in [-0.2, -0.15) is 5.10 Å². The highest BCUT2D eigenvalue weighted by Crippen LogP contribution is 2.29. The Labute approximate surface area is 123 Å². The smallest absolute Gasteiger partial charge is 0.258 e. The van der Waals surface area contributed by atoms with Gasteiger partial charge in [0.25, 0.3) is 0 Å². The first kappa shape index (κ1) is 14.0. The van der Waals surface area contributed by atoms with Crippen molar-refractivity contribution in [1.82, 2.24) is 9.78 Å². The molecule has 0 amide bonds. The molecule has 1 aromatic carbocycles. The van der Waals surface area contributed by atoms with E-state index in [1.165, 1.54) is 4.68 Å². The number of rotatable bonds is 4. The van der Waals surface area contributed by atoms with Gasteiger partial charge in [-0.1, -0.05) is 46.6 Å². The second-order valence-electron chi connectivity index (χ2n) is 3.98. The van der Waals surface area contributed by atoms with E-state index in [1.54, 1.807) is 0 Å². The predicted molar refractivity (Wildman–Crippen MR) is 76.5 cm³/mol. The van der Waals surface area contributed by atoms with Crippen LogP contribution in [0.1, 0.15) is 18.2 Å². The van der Waals surface area contributed by atoms with Crippen molar-refractivity contribution in [2.45, 2.75) is 19.9 Å². The first-order valence-electron chi connectivity index (χ1n) is 5.67. The van der Waals surface area contributed by atoms with Gasteiger partial charge in [0.1, 0.15) is 5.69 Å². The van der Waals surface area contributed by atoms with E-state index < -0.39 is 4.92 Å². The van der Waals surface area contributed by atoms with Crippen molar-refractivity contribution in [3.05, 3.63) is 55.3 Å². The molecular formula is C12H11BrClN3O2. The molecule has 0 N–H and O–H groups in total. The van der Waals surface area contributed by atoms with Gasteiger partial charge in [0.2, 0.25) is 5.15 Å². The van der Waals surface area contributed by atoms with Crippen LogP contribution in [0.15, 0.2) is 28.7 Å². The zero-order valence-electron chi connectivity index (χ0n) is 10.1. The van der Waals surface area contributed by atoms with Gasteiger partial charge < -0.3 is 0 Å². The molecular weight excluding hydrogens is 334 g/mol. The maximum absolute atomic E-state index is 11.0. The number of halogens is 2. The fourth-order valence-corrected chi connectivity index (χ4v) is 2.53. The fraction of sp³-hybridized carbons (Fsp3) is 0.250. The largest absolute Gasteiger partial charge is 0.329 e. The average Bonchev–Trinajstić information content (AvgIpc) is 2.66. The number of aromatic nitrogens is 2. The predicted octanol–water partition coefficient (Wildman–Crippen LogP) is 3.82. The molecule has 2 aromatic rings. The second kappa shape index (κ2) is 5.71. The number of benzene rings is 1. The zero-order valence-corrected chi connectivity index (χ0v) is 12.5. The van der Waals surface area contributed by atoms with Crippen LogP contribution in [0.5, 0.6) is 0 Å². The van der Waals surface area contributed by atoms with Crippen LogP contribution in [-0.2, 0) is 13.0 Å². The molecule has 0 aliphatic rings. The van der Waals surface area contributed by atoms with Gasteiger partial charge in [-0.15, -0.1) is 0 Å². The minimum Gasteiger partial charge on any atom is -0.258 e. The van der Waals surface area contributed by atoms with E-state index in [9.17, 15) is 10.1 Å². The van der Waals surface area contributed by atoms with Crippen LogP contribution >= 0.6 is 27.5 Å². The Morgan fingerprint density at radius 1 is 1.53 bits per heavy atom. The summed E-state index contributed by atoms with van der Waals surface area (Å²) in [6.45, 7) is 2.22. The standard InChI is InChI=1S/C12H11BrClN3O2/c1-2-10-11(17(18)19)12(14)16(15-10)7-8-4-3-5-9(13)6-8/h3-6H,2,7H2,1H3. The second-order valence-corrected chi connectivity index (χ2v) is 5.26. The summed E-state index contributed by atoms with van der Waals surface area (Å²) in [4.78, 5) is 10.5. The summed E-state index contributed by atoms with van der Waals surface area (Å²) < 4.78 is 2.40. The van der Waals surface area contributed by atoms with Crippen molar-refractivity contribution in [3.8, 4) is 0 Å². The van der Waals surface area contributed by atoms with E-state index in [-0.39, 0.29) is 10.8 Å². The van der Waals surface area contributed by atoms with Crippen LogP contribution in [-0.4, -0.2) is 14.7 Å². The Hall–Kier alpha value is -1.40. The molecule has 2 rings (SSSR count). The molecule has 5 nitrogen and oxygen atoms in total. The molecule has 1 heterocycles. The van der Waals surface area contributed by atoms with E-state index in [0.717, 1.165) is 10.0 Å². The Morgan fingerprint density at radius 2 is 2.26 bits per heavy atom. The van der Waals surface area contributed by atoms with E-state index >= 15 is 0 Å². The van der Waals surface area contributed by atoms with Gasteiger partial charge in [-0.25, -0.2) is 4.68 Å². The fourth-order valence-electron chi connectivity index (χ4n) is 1.81. The quantitative estimate of drug-likeness (QED) is 0.626. The molecule has 0 radical (unpaired) electrons. The SMILES string of the molecule is CCc1nn(Cc2cccc(Br)c2)c(Cl)c1[N+](=O)[O-]. The highest BCUT2D eigenvalue weighted by atomic mass is 79.9. The van der Waals surface area contributed by atoms with Crippen molar-refractivity contribution in [1.29, 1.82) is 0 Å². The molecule has 0 fully saturated rings. The summed E-state index contributed by atoms with van der Waals surface area (Å²) >= 11 is 9.42. The normalized spacial score (nSPS) is 10.7. The highest BCUT2D eigenvalue weighted by molar-refractivity contribution is 9.10. The van der Waals surface area contributed by atoms with Gasteiger partial charge >= 0.3 is 5.69 Å². The van der Waals surface area contributed by atoms with Crippen LogP contribution in [0.25, 0.3) is 0 Å². The topological polar surface area (TPSA) is 61.0 Å². The summed E-state index contributed by atoms with van der Waals surface area (Å²) in [6.07, 6.45) is 0.474. The van der Waals surface area contributed by atoms with E-state index in [4.69, 9.17) is 11.6 Å². The monoisotopic (exact) mass is 343 g/mol. The zero-order chi connectivity index (χ0) is 14.0. The van der Waals surface area contributed by atoms with Gasteiger partial charge in [0.05, 0.1) is 11.5 Å². The lowest BCUT2D eigenvalue weighted by Gasteiger charge is -2.03. The molecule has 100 valence electrons. The molecule has 0 atom stereocenters. The molecule has 19 heavy (non-hydrogen) atoms. The van der Waals surface area contributed by atoms with Crippen molar-refractivity contribution in [2.24, 2.45) is 0 Å². The minimum atomic E-state index is -0.481. The molecule has 0 saturated carbocycles. The number of hydrogen-bond acceptors (Lipinski definition) is 3. The van der Waals surface area contributed by atoms with E-state index in [2.05, 4.69) is 21.0 Å². The van der Waals surface area contributed by atoms with Gasteiger partial charge in [-0.3, -0.25) is 10.1 Å². The van der Waals surface area contributed by atoms with Crippen LogP contribution < -0.4 is 0 Å². The highest BCUT2D eigenvalue weighted by Gasteiger charge is 2.25. The van der Waals surface area contributed by atoms with Crippen LogP contribution in [0.4, 0.5) is 5.69 Å². The number of nitro groups is 1. The average molecular weight is 345 g/mol. The Morgan fingerprint density at radius 3 is 2.79 bits per heavy atom. The van der Waals surface area contributed by atoms with Gasteiger partial charge in [0, 0.05) is 4.47 Å². The van der Waals surface area contributed by atoms with Gasteiger partial charge in [0.15, 0.2) is 0 Å². The summed E-state index contributed by atoms with van der Waals surface area (Å²) in [5, 5.41) is 15.3. The number of nitrogens with zero attached hydrogens (tertiary/aromatic N) is 3. The van der Waals surface area contributed by atoms with Crippen LogP contribution in [0.2, 0.25) is 5.15 Å². The summed E-state index contributed by atoms with van der Waals surface area (Å²) in [5.41, 5.74) is 1.28. The molecule has 0 spiro atoms. The molecule has 0 aliphatic carbocycles. The lowest BCUT2D eigenvalue weighted by Crippen LogP contribution is -2.02. The lowest BCUT2D eigenvalue weighted by atomic mass is 10.2. The molecule has 7 heteroatoms. The van der Waals surface area contributed by atoms with Gasteiger partial charge in [-0.05, 0) is 24.1 Å². The van der Waals surface area contributed by atoms with Crippen molar-refractivity contribution < 1.29 is 4.92 Å². The van der Waals surface area contributed by atoms with Crippen molar-refractivity contribution >= 4 is 33.2 Å². The third-order valence-electron chi connectivity index (χ3n) is 2.68. The van der Waals surface area contributed by atoms with Crippen LogP contribution in [0.3, 0.4) is 0 Å². The Bertz CT molecular complexity index is 627. The number of hydrogen-bond donors (Lipinski definition) is 0. The molecule has 1 aromatic heterocycles. The number of aryl methyl sites for hydroxylation is 1. The minimum absolute atomic E-state index is 0.0711. The van der Waals surface area contributed by atoms with E-state index in [1.807, 2.05) is 31.2 Å². The summed E-state index contributed by atoms with van der Waals surface area (Å²) in [5.74, 6) is 0. The third-order valence-corrected chi connectivity index (χ3v) is 3.54. The van der Waals surface area contributed by atoms with Crippen molar-refractivity contribution in [2.75, 3.05) is 0 Å². The maximum atomic E-state index is 11.0. The molecule has 0 unspecified atom stereocenters. The molecule has 0 bridgehead atoms. The Balaban J connectivity index is 2.38. The molecule has 0 aliphatic heterocycles. The lowest BCUT2D eigenvalue weighted by molar-refractivity contribution is -0.385. The maximum Gasteiger partial charge on any atom is 0.329 e. The third kappa shape index (κ3) is 2.96. The first-order valence-corrected chi connectivity index (χ1v) is 6.84. The molecule has 0 saturated heterocycles. The van der Waals surface area contributed by atoms with Crippen LogP contribution in [0, 0.1) is 10.1 Å². The van der Waals surface area contributed by atoms with E-state index in [0.29, 0.717) is 18.7 Å². The Kier molecular flexibility index (Phi) is 4.21. The summed E-state index contributed by atoms with van der Waals surface area (Å²) in [6, 6.07) is 7.65.